The van der Waals surface area contributed by atoms with Crippen molar-refractivity contribution in [2.24, 2.45) is 5.92 Å². The van der Waals surface area contributed by atoms with E-state index in [9.17, 15) is 13.5 Å². The number of fused-ring (bicyclic) bond motifs is 3. The third kappa shape index (κ3) is 4.44. The Morgan fingerprint density at radius 3 is 2.46 bits per heavy atom. The molecule has 0 amide bonds. The standard InChI is InChI=1S/C29H30N2O5S/c1-30-26-15-9-20(8-10-21-6-4-5-7-28(21)36-3)18-25(26)29-24(27(30)19-32)16-17-31(29)37(33,34)23-13-11-22(35-2)12-14-23/h4-7,9,11-15,18,24,27,29,32H,16-17,19H2,1-3H3/t24-,27+,29-/m0/s1. The van der Waals surface area contributed by atoms with E-state index in [1.54, 1.807) is 42.8 Å². The van der Waals surface area contributed by atoms with Crippen LogP contribution in [-0.2, 0) is 10.0 Å². The van der Waals surface area contributed by atoms with Crippen LogP contribution in [0.3, 0.4) is 0 Å². The number of benzene rings is 3. The fourth-order valence-electron chi connectivity index (χ4n) is 5.53. The molecule has 0 spiro atoms. The summed E-state index contributed by atoms with van der Waals surface area (Å²) in [6, 6.07) is 19.4. The quantitative estimate of drug-likeness (QED) is 0.520. The second-order valence-electron chi connectivity index (χ2n) is 9.27. The van der Waals surface area contributed by atoms with Crippen molar-refractivity contribution in [3.8, 4) is 23.3 Å². The molecule has 37 heavy (non-hydrogen) atoms. The lowest BCUT2D eigenvalue weighted by Crippen LogP contribution is -2.48. The van der Waals surface area contributed by atoms with Gasteiger partial charge in [-0.05, 0) is 66.6 Å². The minimum absolute atomic E-state index is 0.0482. The Kier molecular flexibility index (Phi) is 6.86. The van der Waals surface area contributed by atoms with Crippen molar-refractivity contribution in [2.45, 2.75) is 23.4 Å². The molecule has 2 heterocycles. The Bertz CT molecular complexity index is 1460. The molecule has 0 aliphatic carbocycles. The van der Waals surface area contributed by atoms with Crippen molar-refractivity contribution < 1.29 is 23.0 Å². The van der Waals surface area contributed by atoms with Gasteiger partial charge in [-0.3, -0.25) is 0 Å². The SMILES string of the molecule is COc1ccc(S(=O)(=O)N2CC[C@H]3[C@@H](CO)N(C)c4ccc(C#Cc5ccccc5OC)cc4[C@H]32)cc1. The minimum atomic E-state index is -3.78. The highest BCUT2D eigenvalue weighted by molar-refractivity contribution is 7.89. The number of likely N-dealkylation sites (N-methyl/N-ethyl adjacent to an activating group) is 1. The van der Waals surface area contributed by atoms with Gasteiger partial charge in [-0.1, -0.05) is 24.0 Å². The molecule has 0 bridgehead atoms. The van der Waals surface area contributed by atoms with Gasteiger partial charge in [0.1, 0.15) is 11.5 Å². The molecular weight excluding hydrogens is 488 g/mol. The molecule has 3 atom stereocenters. The summed E-state index contributed by atoms with van der Waals surface area (Å²) < 4.78 is 39.8. The number of nitrogens with zero attached hydrogens (tertiary/aromatic N) is 2. The number of hydrogen-bond acceptors (Lipinski definition) is 6. The summed E-state index contributed by atoms with van der Waals surface area (Å²) in [4.78, 5) is 2.29. The van der Waals surface area contributed by atoms with E-state index in [0.717, 1.165) is 22.4 Å². The number of aliphatic hydroxyl groups is 1. The van der Waals surface area contributed by atoms with E-state index in [1.165, 1.54) is 0 Å². The minimum Gasteiger partial charge on any atom is -0.497 e. The van der Waals surface area contributed by atoms with Gasteiger partial charge in [0.25, 0.3) is 0 Å². The van der Waals surface area contributed by atoms with Crippen LogP contribution < -0.4 is 14.4 Å². The van der Waals surface area contributed by atoms with Crippen molar-refractivity contribution in [3.05, 3.63) is 83.4 Å². The zero-order valence-electron chi connectivity index (χ0n) is 21.1. The predicted molar refractivity (Wildman–Crippen MR) is 142 cm³/mol. The molecule has 1 fully saturated rings. The molecule has 8 heteroatoms. The van der Waals surface area contributed by atoms with Crippen LogP contribution in [0, 0.1) is 17.8 Å². The van der Waals surface area contributed by atoms with Crippen molar-refractivity contribution in [2.75, 3.05) is 39.3 Å². The molecule has 5 rings (SSSR count). The lowest BCUT2D eigenvalue weighted by atomic mass is 9.82. The van der Waals surface area contributed by atoms with E-state index in [4.69, 9.17) is 9.47 Å². The first-order valence-electron chi connectivity index (χ1n) is 12.2. The summed E-state index contributed by atoms with van der Waals surface area (Å²) in [6.07, 6.45) is 0.659. The molecule has 0 saturated carbocycles. The van der Waals surface area contributed by atoms with Crippen LogP contribution in [0.2, 0.25) is 0 Å². The summed E-state index contributed by atoms with van der Waals surface area (Å²) in [7, 11) is 1.34. The average molecular weight is 519 g/mol. The molecule has 0 radical (unpaired) electrons. The molecule has 0 aromatic heterocycles. The summed E-state index contributed by atoms with van der Waals surface area (Å²) in [5.74, 6) is 7.66. The van der Waals surface area contributed by atoms with Crippen LogP contribution >= 0.6 is 0 Å². The van der Waals surface area contributed by atoms with E-state index < -0.39 is 16.1 Å². The zero-order chi connectivity index (χ0) is 26.2. The second-order valence-corrected chi connectivity index (χ2v) is 11.2. The summed E-state index contributed by atoms with van der Waals surface area (Å²) >= 11 is 0. The third-order valence-corrected chi connectivity index (χ3v) is 9.31. The van der Waals surface area contributed by atoms with Gasteiger partial charge in [0.15, 0.2) is 0 Å². The van der Waals surface area contributed by atoms with E-state index in [0.29, 0.717) is 24.5 Å². The van der Waals surface area contributed by atoms with Gasteiger partial charge in [0, 0.05) is 30.8 Å². The lowest BCUT2D eigenvalue weighted by molar-refractivity contribution is 0.193. The number of aliphatic hydroxyl groups excluding tert-OH is 1. The molecule has 0 unspecified atom stereocenters. The number of ether oxygens (including phenoxy) is 2. The highest BCUT2D eigenvalue weighted by Crippen LogP contribution is 2.50. The Hall–Kier alpha value is -3.51. The molecule has 7 nitrogen and oxygen atoms in total. The molecule has 2 aliphatic heterocycles. The maximum atomic E-state index is 13.8. The van der Waals surface area contributed by atoms with Gasteiger partial charge in [-0.25, -0.2) is 8.42 Å². The Balaban J connectivity index is 1.57. The fourth-order valence-corrected chi connectivity index (χ4v) is 7.20. The van der Waals surface area contributed by atoms with E-state index in [-0.39, 0.29) is 23.5 Å². The first-order chi connectivity index (χ1) is 17.9. The predicted octanol–water partition coefficient (Wildman–Crippen LogP) is 3.67. The Labute approximate surface area is 218 Å². The van der Waals surface area contributed by atoms with Gasteiger partial charge in [-0.2, -0.15) is 4.31 Å². The molecule has 1 N–H and O–H groups in total. The molecular formula is C29H30N2O5S. The normalized spacial score (nSPS) is 21.0. The smallest absolute Gasteiger partial charge is 0.243 e. The van der Waals surface area contributed by atoms with E-state index in [2.05, 4.69) is 16.7 Å². The fraction of sp³-hybridized carbons (Fsp3) is 0.310. The van der Waals surface area contributed by atoms with Gasteiger partial charge in [-0.15, -0.1) is 0 Å². The zero-order valence-corrected chi connectivity index (χ0v) is 21.9. The number of hydrogen-bond donors (Lipinski definition) is 1. The Morgan fingerprint density at radius 1 is 1.00 bits per heavy atom. The average Bonchev–Trinajstić information content (AvgIpc) is 3.38. The summed E-state index contributed by atoms with van der Waals surface area (Å²) in [6.45, 7) is 0.327. The lowest BCUT2D eigenvalue weighted by Gasteiger charge is -2.44. The first kappa shape index (κ1) is 25.2. The summed E-state index contributed by atoms with van der Waals surface area (Å²) in [5, 5.41) is 10.3. The first-order valence-corrected chi connectivity index (χ1v) is 13.6. The second kappa shape index (κ2) is 10.1. The third-order valence-electron chi connectivity index (χ3n) is 7.42. The number of anilines is 1. The van der Waals surface area contributed by atoms with Crippen LogP contribution in [0.4, 0.5) is 5.69 Å². The van der Waals surface area contributed by atoms with Crippen molar-refractivity contribution >= 4 is 15.7 Å². The maximum Gasteiger partial charge on any atom is 0.243 e. The maximum absolute atomic E-state index is 13.8. The van der Waals surface area contributed by atoms with Crippen LogP contribution in [-0.4, -0.2) is 58.3 Å². The molecule has 192 valence electrons. The highest BCUT2D eigenvalue weighted by atomic mass is 32.2. The van der Waals surface area contributed by atoms with Crippen LogP contribution in [0.1, 0.15) is 29.2 Å². The van der Waals surface area contributed by atoms with Gasteiger partial charge >= 0.3 is 0 Å². The molecule has 1 saturated heterocycles. The summed E-state index contributed by atoms with van der Waals surface area (Å²) in [5.41, 5.74) is 3.37. The van der Waals surface area contributed by atoms with Crippen LogP contribution in [0.15, 0.2) is 71.6 Å². The van der Waals surface area contributed by atoms with Crippen molar-refractivity contribution in [3.63, 3.8) is 0 Å². The van der Waals surface area contributed by atoms with E-state index in [1.807, 2.05) is 49.5 Å². The van der Waals surface area contributed by atoms with Crippen LogP contribution in [0.5, 0.6) is 11.5 Å². The van der Waals surface area contributed by atoms with Gasteiger partial charge in [0.2, 0.25) is 10.0 Å². The molecule has 2 aliphatic rings. The Morgan fingerprint density at radius 2 is 1.76 bits per heavy atom. The van der Waals surface area contributed by atoms with Crippen molar-refractivity contribution in [1.29, 1.82) is 0 Å². The number of methoxy groups -OCH3 is 2. The van der Waals surface area contributed by atoms with Crippen LogP contribution in [0.25, 0.3) is 0 Å². The number of para-hydroxylation sites is 1. The number of rotatable bonds is 5. The van der Waals surface area contributed by atoms with Gasteiger partial charge < -0.3 is 19.5 Å². The van der Waals surface area contributed by atoms with E-state index >= 15 is 0 Å². The molecule has 3 aromatic rings. The van der Waals surface area contributed by atoms with Gasteiger partial charge in [0.05, 0.1) is 43.4 Å². The van der Waals surface area contributed by atoms with Crippen molar-refractivity contribution in [1.82, 2.24) is 4.31 Å². The number of sulfonamides is 1. The largest absolute Gasteiger partial charge is 0.497 e. The topological polar surface area (TPSA) is 79.3 Å². The monoisotopic (exact) mass is 518 g/mol. The highest BCUT2D eigenvalue weighted by Gasteiger charge is 2.50. The molecule has 3 aromatic carbocycles.